The predicted octanol–water partition coefficient (Wildman–Crippen LogP) is 1.86. The van der Waals surface area contributed by atoms with E-state index in [1.165, 1.54) is 12.8 Å². The van der Waals surface area contributed by atoms with Gasteiger partial charge < -0.3 is 10.4 Å². The van der Waals surface area contributed by atoms with Gasteiger partial charge in [0.2, 0.25) is 0 Å². The fourth-order valence-electron chi connectivity index (χ4n) is 1.44. The summed E-state index contributed by atoms with van der Waals surface area (Å²) in [6, 6.07) is 0.893. The number of thioether (sulfide) groups is 2. The second-order valence-electron chi connectivity index (χ2n) is 4.00. The molecule has 4 nitrogen and oxygen atoms in total. The van der Waals surface area contributed by atoms with Crippen LogP contribution in [0.1, 0.15) is 19.3 Å². The third kappa shape index (κ3) is 4.75. The van der Waals surface area contributed by atoms with Crippen LogP contribution in [-0.4, -0.2) is 46.0 Å². The Labute approximate surface area is 114 Å². The zero-order chi connectivity index (χ0) is 12.1. The zero-order valence-electron chi connectivity index (χ0n) is 9.76. The Morgan fingerprint density at radius 1 is 1.47 bits per heavy atom. The predicted molar refractivity (Wildman–Crippen MR) is 74.1 cm³/mol. The molecular weight excluding hydrogens is 274 g/mol. The van der Waals surface area contributed by atoms with E-state index in [4.69, 9.17) is 0 Å². The Hall–Kier alpha value is 0.180. The van der Waals surface area contributed by atoms with Gasteiger partial charge in [0.05, 0.1) is 6.61 Å². The lowest BCUT2D eigenvalue weighted by Crippen LogP contribution is -2.34. The molecule has 1 atom stereocenters. The van der Waals surface area contributed by atoms with Crippen LogP contribution in [0.4, 0.5) is 0 Å². The molecule has 0 aliphatic heterocycles. The van der Waals surface area contributed by atoms with Crippen molar-refractivity contribution in [2.45, 2.75) is 40.0 Å². The van der Waals surface area contributed by atoms with Crippen LogP contribution in [0.5, 0.6) is 0 Å². The minimum Gasteiger partial charge on any atom is -0.395 e. The van der Waals surface area contributed by atoms with Crippen LogP contribution < -0.4 is 5.32 Å². The summed E-state index contributed by atoms with van der Waals surface area (Å²) in [7, 11) is 0. The summed E-state index contributed by atoms with van der Waals surface area (Å²) < 4.78 is 2.04. The largest absolute Gasteiger partial charge is 0.395 e. The van der Waals surface area contributed by atoms with Crippen LogP contribution in [0.2, 0.25) is 0 Å². The topological polar surface area (TPSA) is 58.0 Å². The van der Waals surface area contributed by atoms with E-state index < -0.39 is 0 Å². The van der Waals surface area contributed by atoms with Crippen molar-refractivity contribution in [1.82, 2.24) is 15.5 Å². The third-order valence-corrected chi connectivity index (χ3v) is 5.59. The first kappa shape index (κ1) is 13.6. The average molecular weight is 291 g/mol. The first-order valence-electron chi connectivity index (χ1n) is 5.69. The van der Waals surface area contributed by atoms with E-state index >= 15 is 0 Å². The lowest BCUT2D eigenvalue weighted by molar-refractivity contribution is 0.239. The highest BCUT2D eigenvalue weighted by Crippen LogP contribution is 2.28. The first-order valence-corrected chi connectivity index (χ1v) is 8.71. The molecule has 2 N–H and O–H groups in total. The fraction of sp³-hybridized carbons (Fsp3) is 0.800. The molecular formula is C10H17N3OS3. The highest BCUT2D eigenvalue weighted by Gasteiger charge is 2.23. The molecule has 0 aromatic carbocycles. The molecule has 17 heavy (non-hydrogen) atoms. The van der Waals surface area contributed by atoms with Gasteiger partial charge in [-0.05, 0) is 25.5 Å². The molecule has 2 rings (SSSR count). The Balaban J connectivity index is 1.66. The number of aromatic nitrogens is 2. The van der Waals surface area contributed by atoms with Crippen molar-refractivity contribution in [3.8, 4) is 0 Å². The number of nitrogens with one attached hydrogen (secondary N) is 1. The summed E-state index contributed by atoms with van der Waals surface area (Å²) in [4.78, 5) is 0. The number of aliphatic hydroxyl groups excluding tert-OH is 1. The quantitative estimate of drug-likeness (QED) is 0.713. The summed E-state index contributed by atoms with van der Waals surface area (Å²) in [5.74, 6) is 0.980. The molecule has 1 fully saturated rings. The number of hydrogen-bond acceptors (Lipinski definition) is 7. The van der Waals surface area contributed by atoms with E-state index in [0.717, 1.165) is 20.9 Å². The van der Waals surface area contributed by atoms with Gasteiger partial charge in [0.15, 0.2) is 8.68 Å². The summed E-state index contributed by atoms with van der Waals surface area (Å²) in [5, 5.41) is 20.9. The third-order valence-electron chi connectivity index (χ3n) is 2.52. The van der Waals surface area contributed by atoms with Gasteiger partial charge in [-0.2, -0.15) is 0 Å². The van der Waals surface area contributed by atoms with E-state index in [-0.39, 0.29) is 12.6 Å². The molecule has 1 aromatic rings. The molecule has 0 radical (unpaired) electrons. The maximum atomic E-state index is 9.24. The lowest BCUT2D eigenvalue weighted by atomic mass is 10.2. The molecule has 1 aromatic heterocycles. The van der Waals surface area contributed by atoms with Gasteiger partial charge in [0.1, 0.15) is 0 Å². The van der Waals surface area contributed by atoms with E-state index in [0.29, 0.717) is 6.04 Å². The van der Waals surface area contributed by atoms with Gasteiger partial charge in [-0.25, -0.2) is 0 Å². The monoisotopic (exact) mass is 291 g/mol. The van der Waals surface area contributed by atoms with Crippen molar-refractivity contribution in [3.05, 3.63) is 0 Å². The second-order valence-corrected chi connectivity index (χ2v) is 7.37. The second kappa shape index (κ2) is 6.94. The van der Waals surface area contributed by atoms with Crippen LogP contribution in [0, 0.1) is 0 Å². The minimum absolute atomic E-state index is 0.225. The van der Waals surface area contributed by atoms with Crippen molar-refractivity contribution in [1.29, 1.82) is 0 Å². The highest BCUT2D eigenvalue weighted by molar-refractivity contribution is 8.02. The van der Waals surface area contributed by atoms with E-state index in [1.807, 2.05) is 6.26 Å². The molecule has 0 bridgehead atoms. The fourth-order valence-corrected chi connectivity index (χ4v) is 4.00. The summed E-state index contributed by atoms with van der Waals surface area (Å²) in [5.41, 5.74) is 0. The smallest absolute Gasteiger partial charge is 0.175 e. The molecule has 1 aliphatic rings. The summed E-state index contributed by atoms with van der Waals surface area (Å²) >= 11 is 5.00. The van der Waals surface area contributed by atoms with Crippen LogP contribution in [0.3, 0.4) is 0 Å². The van der Waals surface area contributed by atoms with Crippen LogP contribution in [0.25, 0.3) is 0 Å². The van der Waals surface area contributed by atoms with Gasteiger partial charge in [0.25, 0.3) is 0 Å². The van der Waals surface area contributed by atoms with Crippen molar-refractivity contribution in [2.24, 2.45) is 0 Å². The average Bonchev–Trinajstić information content (AvgIpc) is 3.04. The Morgan fingerprint density at radius 2 is 2.24 bits per heavy atom. The molecule has 1 aliphatic carbocycles. The van der Waals surface area contributed by atoms with Crippen molar-refractivity contribution in [3.63, 3.8) is 0 Å². The molecule has 1 unspecified atom stereocenters. The van der Waals surface area contributed by atoms with Crippen molar-refractivity contribution in [2.75, 3.05) is 18.6 Å². The number of aliphatic hydroxyl groups is 1. The maximum Gasteiger partial charge on any atom is 0.175 e. The Kier molecular flexibility index (Phi) is 5.55. The van der Waals surface area contributed by atoms with Crippen molar-refractivity contribution < 1.29 is 5.11 Å². The van der Waals surface area contributed by atoms with Crippen LogP contribution in [-0.2, 0) is 0 Å². The molecule has 0 spiro atoms. The van der Waals surface area contributed by atoms with E-state index in [2.05, 4.69) is 15.5 Å². The molecule has 1 heterocycles. The minimum atomic E-state index is 0.225. The highest BCUT2D eigenvalue weighted by atomic mass is 32.2. The van der Waals surface area contributed by atoms with Gasteiger partial charge in [-0.15, -0.1) is 10.2 Å². The number of hydrogen-bond donors (Lipinski definition) is 2. The van der Waals surface area contributed by atoms with Crippen molar-refractivity contribution >= 4 is 34.9 Å². The molecule has 1 saturated carbocycles. The standard InChI is InChI=1S/C10H17N3OS3/c1-15-9-12-13-10(17-9)16-5-4-8(6-14)11-7-2-3-7/h7-8,11,14H,2-6H2,1H3. The van der Waals surface area contributed by atoms with Gasteiger partial charge in [-0.3, -0.25) is 0 Å². The number of nitrogens with zero attached hydrogens (tertiary/aromatic N) is 2. The van der Waals surface area contributed by atoms with E-state index in [1.54, 1.807) is 34.9 Å². The zero-order valence-corrected chi connectivity index (χ0v) is 12.2. The SMILES string of the molecule is CSc1nnc(SCCC(CO)NC2CC2)s1. The number of rotatable bonds is 8. The van der Waals surface area contributed by atoms with Crippen LogP contribution >= 0.6 is 34.9 Å². The van der Waals surface area contributed by atoms with E-state index in [9.17, 15) is 5.11 Å². The Morgan fingerprint density at radius 3 is 2.82 bits per heavy atom. The summed E-state index contributed by atoms with van der Waals surface area (Å²) in [6.45, 7) is 0.225. The van der Waals surface area contributed by atoms with Gasteiger partial charge in [-0.1, -0.05) is 34.9 Å². The molecule has 0 amide bonds. The van der Waals surface area contributed by atoms with Gasteiger partial charge >= 0.3 is 0 Å². The molecule has 0 saturated heterocycles. The summed E-state index contributed by atoms with van der Waals surface area (Å²) in [6.07, 6.45) is 5.51. The molecule has 7 heteroatoms. The normalized spacial score (nSPS) is 17.3. The lowest BCUT2D eigenvalue weighted by Gasteiger charge is -2.14. The van der Waals surface area contributed by atoms with Crippen LogP contribution in [0.15, 0.2) is 8.68 Å². The maximum absolute atomic E-state index is 9.24. The Bertz CT molecular complexity index is 343. The molecule has 96 valence electrons. The first-order chi connectivity index (χ1) is 8.31. The van der Waals surface area contributed by atoms with Gasteiger partial charge in [0, 0.05) is 17.8 Å².